The molecule has 0 rings (SSSR count). The van der Waals surface area contributed by atoms with Crippen LogP contribution < -0.4 is 0 Å². The first kappa shape index (κ1) is 16.4. The molecule has 15 heavy (non-hydrogen) atoms. The van der Waals surface area contributed by atoms with E-state index in [1.165, 1.54) is 38.5 Å². The fourth-order valence-corrected chi connectivity index (χ4v) is 1.16. The summed E-state index contributed by atoms with van der Waals surface area (Å²) in [7, 11) is 0. The minimum absolute atomic E-state index is 0.744. The molecule has 3 heteroatoms. The molecule has 0 spiro atoms. The van der Waals surface area contributed by atoms with Gasteiger partial charge in [0, 0.05) is 13.3 Å². The van der Waals surface area contributed by atoms with Crippen molar-refractivity contribution in [2.75, 3.05) is 0 Å². The lowest BCUT2D eigenvalue weighted by molar-refractivity contribution is -0.134. The van der Waals surface area contributed by atoms with Crippen LogP contribution in [-0.2, 0) is 4.79 Å². The fourth-order valence-electron chi connectivity index (χ4n) is 1.16. The SMILES string of the molecule is CC(=O)O.CCCCCCCCCC#N. The number of hydrogen-bond donors (Lipinski definition) is 1. The summed E-state index contributed by atoms with van der Waals surface area (Å²) in [6.07, 6.45) is 9.84. The van der Waals surface area contributed by atoms with Gasteiger partial charge in [0.1, 0.15) is 0 Å². The molecule has 0 aliphatic rings. The van der Waals surface area contributed by atoms with E-state index in [1.807, 2.05) is 0 Å². The summed E-state index contributed by atoms with van der Waals surface area (Å²) >= 11 is 0. The predicted octanol–water partition coefficient (Wildman–Crippen LogP) is 3.74. The van der Waals surface area contributed by atoms with Crippen molar-refractivity contribution in [3.63, 3.8) is 0 Å². The molecule has 0 aromatic rings. The zero-order chi connectivity index (χ0) is 11.9. The monoisotopic (exact) mass is 213 g/mol. The van der Waals surface area contributed by atoms with Gasteiger partial charge in [-0.05, 0) is 6.42 Å². The molecule has 0 aliphatic carbocycles. The topological polar surface area (TPSA) is 61.1 Å². The molecular weight excluding hydrogens is 190 g/mol. The highest BCUT2D eigenvalue weighted by molar-refractivity contribution is 5.62. The Kier molecular flexibility index (Phi) is 16.9. The number of carbonyl (C=O) groups is 1. The lowest BCUT2D eigenvalue weighted by Crippen LogP contribution is -1.78. The van der Waals surface area contributed by atoms with Gasteiger partial charge < -0.3 is 5.11 Å². The molecule has 88 valence electrons. The predicted molar refractivity (Wildman–Crippen MR) is 61.5 cm³/mol. The molecule has 0 bridgehead atoms. The number of carboxylic acids is 1. The van der Waals surface area contributed by atoms with Crippen LogP contribution in [0.1, 0.15) is 65.2 Å². The zero-order valence-corrected chi connectivity index (χ0v) is 9.96. The largest absolute Gasteiger partial charge is 0.481 e. The Hall–Kier alpha value is -1.04. The van der Waals surface area contributed by atoms with Crippen molar-refractivity contribution in [3.8, 4) is 6.07 Å². The normalized spacial score (nSPS) is 8.60. The van der Waals surface area contributed by atoms with Crippen molar-refractivity contribution in [2.45, 2.75) is 65.2 Å². The first-order valence-corrected chi connectivity index (χ1v) is 5.71. The van der Waals surface area contributed by atoms with Crippen LogP contribution >= 0.6 is 0 Å². The minimum atomic E-state index is -0.833. The van der Waals surface area contributed by atoms with Gasteiger partial charge in [-0.1, -0.05) is 45.4 Å². The number of unbranched alkanes of at least 4 members (excludes halogenated alkanes) is 7. The number of aliphatic carboxylic acids is 1. The average molecular weight is 213 g/mol. The lowest BCUT2D eigenvalue weighted by atomic mass is 10.1. The van der Waals surface area contributed by atoms with Crippen molar-refractivity contribution in [2.24, 2.45) is 0 Å². The van der Waals surface area contributed by atoms with Crippen molar-refractivity contribution >= 4 is 5.97 Å². The van der Waals surface area contributed by atoms with E-state index >= 15 is 0 Å². The maximum atomic E-state index is 9.00. The van der Waals surface area contributed by atoms with E-state index in [2.05, 4.69) is 13.0 Å². The second kappa shape index (κ2) is 15.4. The van der Waals surface area contributed by atoms with Gasteiger partial charge in [-0.3, -0.25) is 4.79 Å². The van der Waals surface area contributed by atoms with Crippen molar-refractivity contribution < 1.29 is 9.90 Å². The molecule has 0 unspecified atom stereocenters. The van der Waals surface area contributed by atoms with E-state index in [0.717, 1.165) is 19.8 Å². The second-order valence-electron chi connectivity index (χ2n) is 3.55. The maximum Gasteiger partial charge on any atom is 0.300 e. The Morgan fingerprint density at radius 2 is 1.53 bits per heavy atom. The quantitative estimate of drug-likeness (QED) is 0.655. The molecule has 3 nitrogen and oxygen atoms in total. The van der Waals surface area contributed by atoms with Crippen molar-refractivity contribution in [3.05, 3.63) is 0 Å². The molecule has 0 aromatic heterocycles. The lowest BCUT2D eigenvalue weighted by Gasteiger charge is -1.97. The van der Waals surface area contributed by atoms with Crippen LogP contribution in [0.15, 0.2) is 0 Å². The Bertz CT molecular complexity index is 169. The molecule has 0 amide bonds. The summed E-state index contributed by atoms with van der Waals surface area (Å²) in [5, 5.41) is 15.7. The zero-order valence-electron chi connectivity index (χ0n) is 9.96. The molecule has 0 aromatic carbocycles. The van der Waals surface area contributed by atoms with Gasteiger partial charge in [-0.2, -0.15) is 5.26 Å². The fraction of sp³-hybridized carbons (Fsp3) is 0.833. The van der Waals surface area contributed by atoms with Crippen LogP contribution in [-0.4, -0.2) is 11.1 Å². The van der Waals surface area contributed by atoms with Gasteiger partial charge in [0.05, 0.1) is 6.07 Å². The Morgan fingerprint density at radius 3 is 1.93 bits per heavy atom. The van der Waals surface area contributed by atoms with E-state index in [9.17, 15) is 0 Å². The van der Waals surface area contributed by atoms with E-state index in [0.29, 0.717) is 0 Å². The maximum absolute atomic E-state index is 9.00. The molecule has 0 saturated heterocycles. The number of carboxylic acid groups (broad SMARTS) is 1. The van der Waals surface area contributed by atoms with E-state index in [4.69, 9.17) is 15.2 Å². The number of nitrogens with zero attached hydrogens (tertiary/aromatic N) is 1. The van der Waals surface area contributed by atoms with Crippen LogP contribution in [0.4, 0.5) is 0 Å². The smallest absolute Gasteiger partial charge is 0.300 e. The molecule has 0 atom stereocenters. The Morgan fingerprint density at radius 1 is 1.13 bits per heavy atom. The van der Waals surface area contributed by atoms with Crippen LogP contribution in [0.2, 0.25) is 0 Å². The highest BCUT2D eigenvalue weighted by Crippen LogP contribution is 2.07. The average Bonchev–Trinajstić information content (AvgIpc) is 2.16. The summed E-state index contributed by atoms with van der Waals surface area (Å²) in [6.45, 7) is 3.32. The Labute approximate surface area is 93.1 Å². The number of hydrogen-bond acceptors (Lipinski definition) is 2. The molecule has 0 fully saturated rings. The first-order valence-electron chi connectivity index (χ1n) is 5.71. The molecule has 1 N–H and O–H groups in total. The van der Waals surface area contributed by atoms with Gasteiger partial charge in [0.15, 0.2) is 0 Å². The summed E-state index contributed by atoms with van der Waals surface area (Å²) in [6, 6.07) is 2.17. The minimum Gasteiger partial charge on any atom is -0.481 e. The van der Waals surface area contributed by atoms with Gasteiger partial charge >= 0.3 is 0 Å². The summed E-state index contributed by atoms with van der Waals surface area (Å²) < 4.78 is 0. The highest BCUT2D eigenvalue weighted by Gasteiger charge is 1.89. The third-order valence-electron chi connectivity index (χ3n) is 1.89. The van der Waals surface area contributed by atoms with Crippen molar-refractivity contribution in [1.82, 2.24) is 0 Å². The molecule has 0 radical (unpaired) electrons. The Balaban J connectivity index is 0. The third kappa shape index (κ3) is 32.1. The first-order chi connectivity index (χ1) is 7.15. The molecule has 0 heterocycles. The second-order valence-corrected chi connectivity index (χ2v) is 3.55. The van der Waals surface area contributed by atoms with Crippen LogP contribution in [0.3, 0.4) is 0 Å². The van der Waals surface area contributed by atoms with Gasteiger partial charge in [-0.25, -0.2) is 0 Å². The molecule has 0 aliphatic heterocycles. The summed E-state index contributed by atoms with van der Waals surface area (Å²) in [5.74, 6) is -0.833. The van der Waals surface area contributed by atoms with Crippen LogP contribution in [0.25, 0.3) is 0 Å². The van der Waals surface area contributed by atoms with Gasteiger partial charge in [-0.15, -0.1) is 0 Å². The number of rotatable bonds is 7. The number of nitriles is 1. The van der Waals surface area contributed by atoms with Crippen LogP contribution in [0.5, 0.6) is 0 Å². The van der Waals surface area contributed by atoms with Gasteiger partial charge in [0.25, 0.3) is 5.97 Å². The van der Waals surface area contributed by atoms with E-state index in [-0.39, 0.29) is 0 Å². The van der Waals surface area contributed by atoms with Crippen LogP contribution in [0, 0.1) is 11.3 Å². The highest BCUT2D eigenvalue weighted by atomic mass is 16.4. The van der Waals surface area contributed by atoms with Crippen molar-refractivity contribution in [1.29, 1.82) is 5.26 Å². The standard InChI is InChI=1S/C10H19N.C2H4O2/c1-2-3-4-5-6-7-8-9-10-11;1-2(3)4/h2-9H2,1H3;1H3,(H,3,4). The third-order valence-corrected chi connectivity index (χ3v) is 1.89. The van der Waals surface area contributed by atoms with E-state index < -0.39 is 5.97 Å². The van der Waals surface area contributed by atoms with Gasteiger partial charge in [0.2, 0.25) is 0 Å². The molecule has 0 saturated carbocycles. The summed E-state index contributed by atoms with van der Waals surface area (Å²) in [4.78, 5) is 9.00. The molecular formula is C12H23NO2. The van der Waals surface area contributed by atoms with E-state index in [1.54, 1.807) is 0 Å². The summed E-state index contributed by atoms with van der Waals surface area (Å²) in [5.41, 5.74) is 0.